The van der Waals surface area contributed by atoms with Gasteiger partial charge in [0, 0.05) is 26.3 Å². The molecule has 0 spiro atoms. The van der Waals surface area contributed by atoms with Crippen LogP contribution in [0.15, 0.2) is 12.5 Å². The van der Waals surface area contributed by atoms with Crippen LogP contribution >= 0.6 is 0 Å². The molecule has 0 bridgehead atoms. The number of imidazole rings is 1. The van der Waals surface area contributed by atoms with E-state index in [1.165, 1.54) is 5.69 Å². The molecule has 1 fully saturated rings. The predicted octanol–water partition coefficient (Wildman–Crippen LogP) is 0.377. The molecule has 2 heterocycles. The fourth-order valence-electron chi connectivity index (χ4n) is 1.94. The predicted molar refractivity (Wildman–Crippen MR) is 53.7 cm³/mol. The minimum atomic E-state index is -0.142. The van der Waals surface area contributed by atoms with E-state index in [1.54, 1.807) is 0 Å². The van der Waals surface area contributed by atoms with Crippen molar-refractivity contribution in [3.05, 3.63) is 18.2 Å². The van der Waals surface area contributed by atoms with E-state index in [4.69, 9.17) is 0 Å². The van der Waals surface area contributed by atoms with Gasteiger partial charge in [0.1, 0.15) is 0 Å². The number of likely N-dealkylation sites (tertiary alicyclic amines) is 1. The monoisotopic (exact) mass is 195 g/mol. The summed E-state index contributed by atoms with van der Waals surface area (Å²) in [5.74, 6) is 0. The second-order valence-corrected chi connectivity index (χ2v) is 4.03. The first-order valence-electron chi connectivity index (χ1n) is 5.11. The number of hydrogen-bond donors (Lipinski definition) is 1. The maximum Gasteiger partial charge on any atom is 0.0945 e. The molecular formula is C10H17N3O. The van der Waals surface area contributed by atoms with Gasteiger partial charge in [-0.2, -0.15) is 0 Å². The van der Waals surface area contributed by atoms with Gasteiger partial charge in [-0.15, -0.1) is 0 Å². The molecule has 1 N–H and O–H groups in total. The van der Waals surface area contributed by atoms with Crippen LogP contribution in [0.1, 0.15) is 18.5 Å². The molecular weight excluding hydrogens is 178 g/mol. The van der Waals surface area contributed by atoms with Crippen molar-refractivity contribution in [1.29, 1.82) is 0 Å². The van der Waals surface area contributed by atoms with Gasteiger partial charge in [0.25, 0.3) is 0 Å². The first-order chi connectivity index (χ1) is 6.75. The Hall–Kier alpha value is -0.870. The van der Waals surface area contributed by atoms with Crippen molar-refractivity contribution in [3.63, 3.8) is 0 Å². The van der Waals surface area contributed by atoms with Crippen LogP contribution in [0.4, 0.5) is 0 Å². The van der Waals surface area contributed by atoms with Gasteiger partial charge < -0.3 is 9.67 Å². The summed E-state index contributed by atoms with van der Waals surface area (Å²) in [4.78, 5) is 6.36. The lowest BCUT2D eigenvalue weighted by molar-refractivity contribution is 0.0657. The molecule has 4 nitrogen and oxygen atoms in total. The van der Waals surface area contributed by atoms with E-state index < -0.39 is 0 Å². The number of aliphatic hydroxyl groups is 1. The summed E-state index contributed by atoms with van der Waals surface area (Å²) in [5, 5.41) is 9.51. The van der Waals surface area contributed by atoms with Crippen molar-refractivity contribution >= 4 is 0 Å². The van der Waals surface area contributed by atoms with Gasteiger partial charge in [0.15, 0.2) is 0 Å². The highest BCUT2D eigenvalue weighted by molar-refractivity contribution is 4.97. The molecule has 1 aromatic heterocycles. The Labute approximate surface area is 84.2 Å². The van der Waals surface area contributed by atoms with E-state index in [9.17, 15) is 5.11 Å². The Morgan fingerprint density at radius 1 is 1.64 bits per heavy atom. The quantitative estimate of drug-likeness (QED) is 0.741. The highest BCUT2D eigenvalue weighted by Crippen LogP contribution is 2.12. The van der Waals surface area contributed by atoms with Gasteiger partial charge in [0.05, 0.1) is 18.1 Å². The third kappa shape index (κ3) is 2.13. The zero-order valence-corrected chi connectivity index (χ0v) is 8.56. The van der Waals surface area contributed by atoms with Crippen LogP contribution in [0.3, 0.4) is 0 Å². The Bertz CT molecular complexity index is 297. The van der Waals surface area contributed by atoms with Crippen LogP contribution in [0.25, 0.3) is 0 Å². The van der Waals surface area contributed by atoms with Crippen LogP contribution in [-0.4, -0.2) is 38.8 Å². The van der Waals surface area contributed by atoms with Crippen LogP contribution < -0.4 is 0 Å². The Morgan fingerprint density at radius 2 is 2.50 bits per heavy atom. The van der Waals surface area contributed by atoms with Crippen molar-refractivity contribution in [2.75, 3.05) is 13.1 Å². The third-order valence-corrected chi connectivity index (χ3v) is 2.78. The molecule has 0 aliphatic carbocycles. The number of hydrogen-bond acceptors (Lipinski definition) is 3. The summed E-state index contributed by atoms with van der Waals surface area (Å²) in [6, 6.07) is 0. The van der Waals surface area contributed by atoms with E-state index in [0.717, 1.165) is 32.5 Å². The number of β-amino-alcohol motifs (C(OH)–C–C–N with tert-alkyl or cyclic N) is 1. The topological polar surface area (TPSA) is 41.3 Å². The van der Waals surface area contributed by atoms with E-state index in [-0.39, 0.29) is 6.10 Å². The highest BCUT2D eigenvalue weighted by atomic mass is 16.3. The van der Waals surface area contributed by atoms with Gasteiger partial charge in [-0.05, 0) is 19.4 Å². The number of piperidine rings is 1. The molecule has 1 aliphatic rings. The average molecular weight is 195 g/mol. The Balaban J connectivity index is 1.94. The summed E-state index contributed by atoms with van der Waals surface area (Å²) in [6.45, 7) is 2.78. The van der Waals surface area contributed by atoms with E-state index in [1.807, 2.05) is 24.1 Å². The van der Waals surface area contributed by atoms with Gasteiger partial charge in [0.2, 0.25) is 0 Å². The molecule has 0 saturated carbocycles. The Morgan fingerprint density at radius 3 is 3.14 bits per heavy atom. The van der Waals surface area contributed by atoms with Crippen LogP contribution in [0.5, 0.6) is 0 Å². The number of aromatic nitrogens is 2. The van der Waals surface area contributed by atoms with E-state index in [0.29, 0.717) is 0 Å². The first kappa shape index (κ1) is 9.68. The lowest BCUT2D eigenvalue weighted by atomic mass is 10.1. The normalized spacial score (nSPS) is 24.0. The second kappa shape index (κ2) is 4.11. The average Bonchev–Trinajstić information content (AvgIpc) is 2.52. The number of aryl methyl sites for hydroxylation is 1. The lowest BCUT2D eigenvalue weighted by Gasteiger charge is -2.29. The molecule has 1 unspecified atom stereocenters. The van der Waals surface area contributed by atoms with Crippen molar-refractivity contribution < 1.29 is 5.11 Å². The minimum absolute atomic E-state index is 0.142. The molecule has 1 saturated heterocycles. The summed E-state index contributed by atoms with van der Waals surface area (Å²) in [5.41, 5.74) is 1.21. The molecule has 0 radical (unpaired) electrons. The van der Waals surface area contributed by atoms with Gasteiger partial charge in [-0.1, -0.05) is 0 Å². The molecule has 1 atom stereocenters. The number of nitrogens with zero attached hydrogens (tertiary/aromatic N) is 3. The number of aliphatic hydroxyl groups excluding tert-OH is 1. The zero-order chi connectivity index (χ0) is 9.97. The van der Waals surface area contributed by atoms with Gasteiger partial charge >= 0.3 is 0 Å². The van der Waals surface area contributed by atoms with Crippen molar-refractivity contribution in [2.45, 2.75) is 25.5 Å². The van der Waals surface area contributed by atoms with Crippen LogP contribution in [-0.2, 0) is 13.6 Å². The summed E-state index contributed by atoms with van der Waals surface area (Å²) < 4.78 is 2.03. The second-order valence-electron chi connectivity index (χ2n) is 4.03. The van der Waals surface area contributed by atoms with E-state index in [2.05, 4.69) is 9.88 Å². The molecule has 1 aliphatic heterocycles. The molecule has 2 rings (SSSR count). The van der Waals surface area contributed by atoms with Crippen molar-refractivity contribution in [2.24, 2.45) is 7.05 Å². The summed E-state index contributed by atoms with van der Waals surface area (Å²) >= 11 is 0. The maximum atomic E-state index is 9.51. The Kier molecular flexibility index (Phi) is 2.84. The highest BCUT2D eigenvalue weighted by Gasteiger charge is 2.18. The van der Waals surface area contributed by atoms with Crippen molar-refractivity contribution in [3.8, 4) is 0 Å². The SMILES string of the molecule is Cn1cncc1CN1CCCC(O)C1. The molecule has 0 aromatic carbocycles. The van der Waals surface area contributed by atoms with Crippen LogP contribution in [0, 0.1) is 0 Å². The molecule has 4 heteroatoms. The smallest absolute Gasteiger partial charge is 0.0945 e. The summed E-state index contributed by atoms with van der Waals surface area (Å²) in [6.07, 6.45) is 5.61. The maximum absolute atomic E-state index is 9.51. The minimum Gasteiger partial charge on any atom is -0.392 e. The summed E-state index contributed by atoms with van der Waals surface area (Å²) in [7, 11) is 2.00. The molecule has 0 amide bonds. The fraction of sp³-hybridized carbons (Fsp3) is 0.700. The molecule has 14 heavy (non-hydrogen) atoms. The standard InChI is InChI=1S/C10H17N3O/c1-12-8-11-5-9(12)6-13-4-2-3-10(14)7-13/h5,8,10,14H,2-4,6-7H2,1H3. The molecule has 78 valence electrons. The lowest BCUT2D eigenvalue weighted by Crippen LogP contribution is -2.38. The molecule has 1 aromatic rings. The fourth-order valence-corrected chi connectivity index (χ4v) is 1.94. The largest absolute Gasteiger partial charge is 0.392 e. The van der Waals surface area contributed by atoms with Crippen LogP contribution in [0.2, 0.25) is 0 Å². The third-order valence-electron chi connectivity index (χ3n) is 2.78. The zero-order valence-electron chi connectivity index (χ0n) is 8.56. The van der Waals surface area contributed by atoms with Gasteiger partial charge in [-0.3, -0.25) is 4.90 Å². The first-order valence-corrected chi connectivity index (χ1v) is 5.11. The van der Waals surface area contributed by atoms with Crippen molar-refractivity contribution in [1.82, 2.24) is 14.5 Å². The van der Waals surface area contributed by atoms with Gasteiger partial charge in [-0.25, -0.2) is 4.98 Å². The number of rotatable bonds is 2. The van der Waals surface area contributed by atoms with E-state index >= 15 is 0 Å².